The number of carbonyl (C=O) groups is 1. The first kappa shape index (κ1) is 16.5. The quantitative estimate of drug-likeness (QED) is 0.510. The van der Waals surface area contributed by atoms with Crippen LogP contribution in [0.5, 0.6) is 5.75 Å². The van der Waals surface area contributed by atoms with Crippen LogP contribution in [0.4, 0.5) is 5.69 Å². The molecule has 0 spiro atoms. The maximum Gasteiger partial charge on any atom is 0.374 e. The number of phenols is 1. The van der Waals surface area contributed by atoms with Gasteiger partial charge in [-0.1, -0.05) is 13.3 Å². The summed E-state index contributed by atoms with van der Waals surface area (Å²) in [5.41, 5.74) is -0.981. The van der Waals surface area contributed by atoms with Crippen molar-refractivity contribution in [2.45, 2.75) is 26.7 Å². The Bertz CT molecular complexity index is 838. The summed E-state index contributed by atoms with van der Waals surface area (Å²) in [6.07, 6.45) is 1.01. The Morgan fingerprint density at radius 3 is 2.65 bits per heavy atom. The van der Waals surface area contributed by atoms with Crippen LogP contribution in [0.1, 0.15) is 36.4 Å². The molecule has 122 valence electrons. The first-order valence-corrected chi connectivity index (χ1v) is 7.04. The minimum Gasteiger partial charge on any atom is -0.501 e. The maximum atomic E-state index is 12.2. The number of esters is 1. The van der Waals surface area contributed by atoms with E-state index in [0.29, 0.717) is 18.4 Å². The lowest BCUT2D eigenvalue weighted by Crippen LogP contribution is -2.11. The summed E-state index contributed by atoms with van der Waals surface area (Å²) in [4.78, 5) is 34.2. The van der Waals surface area contributed by atoms with Crippen molar-refractivity contribution in [3.63, 3.8) is 0 Å². The van der Waals surface area contributed by atoms with E-state index in [0.717, 1.165) is 12.1 Å². The van der Waals surface area contributed by atoms with Gasteiger partial charge in [-0.05, 0) is 13.3 Å². The van der Waals surface area contributed by atoms with Crippen molar-refractivity contribution in [3.8, 4) is 5.75 Å². The molecule has 1 aromatic heterocycles. The highest BCUT2D eigenvalue weighted by molar-refractivity contribution is 5.93. The number of nitro benzene ring substituents is 1. The Balaban J connectivity index is 2.83. The molecule has 8 nitrogen and oxygen atoms in total. The number of rotatable bonds is 5. The number of hydrogen-bond donors (Lipinski definition) is 1. The summed E-state index contributed by atoms with van der Waals surface area (Å²) < 4.78 is 10.2. The highest BCUT2D eigenvalue weighted by Gasteiger charge is 2.25. The molecule has 8 heteroatoms. The summed E-state index contributed by atoms with van der Waals surface area (Å²) in [6, 6.07) is 2.01. The van der Waals surface area contributed by atoms with E-state index in [4.69, 9.17) is 9.15 Å². The number of hydrogen-bond acceptors (Lipinski definition) is 7. The van der Waals surface area contributed by atoms with Crippen molar-refractivity contribution in [1.29, 1.82) is 0 Å². The lowest BCUT2D eigenvalue weighted by atomic mass is 10.0. The third kappa shape index (κ3) is 3.01. The Morgan fingerprint density at radius 2 is 2.09 bits per heavy atom. The first-order valence-electron chi connectivity index (χ1n) is 7.04. The van der Waals surface area contributed by atoms with Gasteiger partial charge in [0.2, 0.25) is 11.5 Å². The van der Waals surface area contributed by atoms with Crippen LogP contribution in [-0.2, 0) is 11.2 Å². The predicted octanol–water partition coefficient (Wildman–Crippen LogP) is 2.54. The summed E-state index contributed by atoms with van der Waals surface area (Å²) in [5, 5.41) is 20.7. The van der Waals surface area contributed by atoms with Crippen LogP contribution >= 0.6 is 0 Å². The normalized spacial score (nSPS) is 10.7. The average molecular weight is 321 g/mol. The number of nitro groups is 1. The smallest absolute Gasteiger partial charge is 0.374 e. The third-order valence-electron chi connectivity index (χ3n) is 3.22. The lowest BCUT2D eigenvalue weighted by molar-refractivity contribution is -0.385. The second kappa shape index (κ2) is 6.47. The minimum atomic E-state index is -0.813. The van der Waals surface area contributed by atoms with E-state index < -0.39 is 27.8 Å². The zero-order valence-corrected chi connectivity index (χ0v) is 12.6. The Labute approximate surface area is 130 Å². The van der Waals surface area contributed by atoms with E-state index in [-0.39, 0.29) is 23.3 Å². The molecule has 0 aliphatic carbocycles. The number of benzene rings is 1. The number of ether oxygens (including phenoxy) is 1. The van der Waals surface area contributed by atoms with Gasteiger partial charge in [0.1, 0.15) is 11.0 Å². The monoisotopic (exact) mass is 321 g/mol. The SMILES string of the molecule is CCCc1cc([N+](=O)[O-])c(O)c2c(=O)cc(C(=O)OCC)oc12. The second-order valence-electron chi connectivity index (χ2n) is 4.81. The van der Waals surface area contributed by atoms with Crippen molar-refractivity contribution in [1.82, 2.24) is 0 Å². The van der Waals surface area contributed by atoms with Crippen molar-refractivity contribution in [3.05, 3.63) is 43.8 Å². The Hall–Kier alpha value is -2.90. The van der Waals surface area contributed by atoms with Crippen molar-refractivity contribution in [2.24, 2.45) is 0 Å². The molecular formula is C15H15NO7. The molecule has 0 amide bonds. The van der Waals surface area contributed by atoms with Crippen molar-refractivity contribution in [2.75, 3.05) is 6.61 Å². The molecule has 1 N–H and O–H groups in total. The molecule has 23 heavy (non-hydrogen) atoms. The maximum absolute atomic E-state index is 12.2. The molecule has 0 fully saturated rings. The van der Waals surface area contributed by atoms with E-state index in [1.165, 1.54) is 0 Å². The fourth-order valence-electron chi connectivity index (χ4n) is 2.27. The van der Waals surface area contributed by atoms with Gasteiger partial charge in [0.05, 0.1) is 11.5 Å². The van der Waals surface area contributed by atoms with Crippen molar-refractivity contribution >= 4 is 22.6 Å². The standard InChI is InChI=1S/C15H15NO7/c1-3-5-8-6-9(16(20)21)13(18)12-10(17)7-11(23-14(8)12)15(19)22-4-2/h6-7,18H,3-5H2,1-2H3. The van der Waals surface area contributed by atoms with Gasteiger partial charge in [0.15, 0.2) is 5.43 Å². The molecule has 0 bridgehead atoms. The molecule has 0 saturated carbocycles. The van der Waals surface area contributed by atoms with Crippen LogP contribution in [0.15, 0.2) is 21.3 Å². The highest BCUT2D eigenvalue weighted by Crippen LogP contribution is 2.35. The summed E-state index contributed by atoms with van der Waals surface area (Å²) in [5.74, 6) is -1.89. The Kier molecular flexibility index (Phi) is 4.63. The lowest BCUT2D eigenvalue weighted by Gasteiger charge is -2.08. The number of phenolic OH excluding ortho intramolecular Hbond substituents is 1. The number of aromatic hydroxyl groups is 1. The van der Waals surface area contributed by atoms with Gasteiger partial charge in [-0.2, -0.15) is 0 Å². The van der Waals surface area contributed by atoms with E-state index in [1.807, 2.05) is 6.92 Å². The topological polar surface area (TPSA) is 120 Å². The average Bonchev–Trinajstić information content (AvgIpc) is 2.49. The molecule has 0 atom stereocenters. The minimum absolute atomic E-state index is 0.0366. The summed E-state index contributed by atoms with van der Waals surface area (Å²) in [6.45, 7) is 3.56. The molecule has 0 unspecified atom stereocenters. The van der Waals surface area contributed by atoms with Crippen LogP contribution < -0.4 is 5.43 Å². The van der Waals surface area contributed by atoms with Gasteiger partial charge in [0.25, 0.3) is 0 Å². The summed E-state index contributed by atoms with van der Waals surface area (Å²) >= 11 is 0. The summed E-state index contributed by atoms with van der Waals surface area (Å²) in [7, 11) is 0. The molecule has 0 aliphatic rings. The van der Waals surface area contributed by atoms with Crippen LogP contribution in [-0.4, -0.2) is 22.6 Å². The molecule has 1 aromatic carbocycles. The fourth-order valence-corrected chi connectivity index (χ4v) is 2.27. The number of nitrogens with zero attached hydrogens (tertiary/aromatic N) is 1. The fraction of sp³-hybridized carbons (Fsp3) is 0.333. The zero-order chi connectivity index (χ0) is 17.1. The van der Waals surface area contributed by atoms with E-state index in [1.54, 1.807) is 6.92 Å². The van der Waals surface area contributed by atoms with Gasteiger partial charge in [0, 0.05) is 17.7 Å². The van der Waals surface area contributed by atoms with Crippen LogP contribution in [0.25, 0.3) is 11.0 Å². The second-order valence-corrected chi connectivity index (χ2v) is 4.81. The highest BCUT2D eigenvalue weighted by atomic mass is 16.6. The first-order chi connectivity index (χ1) is 10.9. The Morgan fingerprint density at radius 1 is 1.39 bits per heavy atom. The van der Waals surface area contributed by atoms with Gasteiger partial charge in [-0.3, -0.25) is 14.9 Å². The van der Waals surface area contributed by atoms with Crippen LogP contribution in [0, 0.1) is 10.1 Å². The molecule has 0 radical (unpaired) electrons. The molecule has 2 aromatic rings. The van der Waals surface area contributed by atoms with E-state index in [9.17, 15) is 24.8 Å². The molecule has 1 heterocycles. The van der Waals surface area contributed by atoms with Crippen LogP contribution in [0.3, 0.4) is 0 Å². The molecule has 2 rings (SSSR count). The number of carbonyl (C=O) groups excluding carboxylic acids is 1. The predicted molar refractivity (Wildman–Crippen MR) is 80.8 cm³/mol. The van der Waals surface area contributed by atoms with Gasteiger partial charge >= 0.3 is 11.7 Å². The van der Waals surface area contributed by atoms with Gasteiger partial charge in [-0.15, -0.1) is 0 Å². The van der Waals surface area contributed by atoms with E-state index in [2.05, 4.69) is 0 Å². The van der Waals surface area contributed by atoms with E-state index >= 15 is 0 Å². The molecule has 0 aliphatic heterocycles. The van der Waals surface area contributed by atoms with Crippen LogP contribution in [0.2, 0.25) is 0 Å². The molecular weight excluding hydrogens is 306 g/mol. The van der Waals surface area contributed by atoms with Crippen molar-refractivity contribution < 1.29 is 24.0 Å². The largest absolute Gasteiger partial charge is 0.501 e. The van der Waals surface area contributed by atoms with Gasteiger partial charge in [-0.25, -0.2) is 4.79 Å². The third-order valence-corrected chi connectivity index (χ3v) is 3.22. The number of fused-ring (bicyclic) bond motifs is 1. The zero-order valence-electron chi connectivity index (χ0n) is 12.6. The number of aryl methyl sites for hydroxylation is 1. The molecule has 0 saturated heterocycles. The van der Waals surface area contributed by atoms with Gasteiger partial charge < -0.3 is 14.3 Å².